The molecule has 0 atom stereocenters. The molecule has 108 valence electrons. The molecule has 1 aromatic heterocycles. The van der Waals surface area contributed by atoms with E-state index in [2.05, 4.69) is 13.5 Å². The zero-order valence-electron chi connectivity index (χ0n) is 10.7. The average Bonchev–Trinajstić information content (AvgIpc) is 2.95. The molecule has 6 nitrogen and oxygen atoms in total. The summed E-state index contributed by atoms with van der Waals surface area (Å²) in [6.45, 7) is -0.0865. The van der Waals surface area contributed by atoms with Gasteiger partial charge in [0.15, 0.2) is 0 Å². The van der Waals surface area contributed by atoms with Crippen LogP contribution in [-0.2, 0) is 16.6 Å². The van der Waals surface area contributed by atoms with E-state index in [1.54, 1.807) is 36.4 Å². The van der Waals surface area contributed by atoms with Crippen molar-refractivity contribution in [2.45, 2.75) is 11.5 Å². The monoisotopic (exact) mass is 321 g/mol. The Morgan fingerprint density at radius 2 is 1.86 bits per heavy atom. The number of aliphatic hydroxyl groups is 1. The van der Waals surface area contributed by atoms with Crippen molar-refractivity contribution in [1.82, 2.24) is 8.75 Å². The second-order valence-electron chi connectivity index (χ2n) is 4.35. The summed E-state index contributed by atoms with van der Waals surface area (Å²) in [5.41, 5.74) is 2.05. The number of anilines is 1. The molecule has 0 spiro atoms. The van der Waals surface area contributed by atoms with Gasteiger partial charge in [-0.2, -0.15) is 8.75 Å². The molecule has 0 aliphatic carbocycles. The van der Waals surface area contributed by atoms with Crippen molar-refractivity contribution >= 4 is 38.5 Å². The summed E-state index contributed by atoms with van der Waals surface area (Å²) in [5, 5.41) is 8.98. The zero-order chi connectivity index (χ0) is 14.9. The van der Waals surface area contributed by atoms with E-state index < -0.39 is 10.0 Å². The first-order valence-corrected chi connectivity index (χ1v) is 8.25. The Kier molecular flexibility index (Phi) is 3.58. The van der Waals surface area contributed by atoms with Crippen LogP contribution < -0.4 is 4.72 Å². The van der Waals surface area contributed by atoms with E-state index >= 15 is 0 Å². The second-order valence-corrected chi connectivity index (χ2v) is 6.53. The second kappa shape index (κ2) is 5.40. The fraction of sp³-hybridized carbons (Fsp3) is 0.0769. The Bertz CT molecular complexity index is 873. The van der Waals surface area contributed by atoms with Gasteiger partial charge in [-0.05, 0) is 29.8 Å². The molecule has 0 fully saturated rings. The lowest BCUT2D eigenvalue weighted by atomic mass is 10.2. The highest BCUT2D eigenvalue weighted by Gasteiger charge is 2.19. The fourth-order valence-corrected chi connectivity index (χ4v) is 3.71. The van der Waals surface area contributed by atoms with Crippen LogP contribution in [0.25, 0.3) is 11.0 Å². The SMILES string of the molecule is O=S(=O)(Nc1ccc(CO)cc1)c1cccc2nsnc12. The highest BCUT2D eigenvalue weighted by molar-refractivity contribution is 7.93. The number of benzene rings is 2. The normalized spacial score (nSPS) is 11.7. The van der Waals surface area contributed by atoms with Crippen molar-refractivity contribution in [2.24, 2.45) is 0 Å². The predicted molar refractivity (Wildman–Crippen MR) is 80.6 cm³/mol. The van der Waals surface area contributed by atoms with Crippen LogP contribution in [-0.4, -0.2) is 22.3 Å². The van der Waals surface area contributed by atoms with E-state index in [9.17, 15) is 8.42 Å². The van der Waals surface area contributed by atoms with Crippen molar-refractivity contribution < 1.29 is 13.5 Å². The molecule has 0 aliphatic heterocycles. The third kappa shape index (κ3) is 2.73. The number of nitrogens with zero attached hydrogens (tertiary/aromatic N) is 2. The average molecular weight is 321 g/mol. The van der Waals surface area contributed by atoms with Crippen LogP contribution in [0.4, 0.5) is 5.69 Å². The number of hydrogen-bond donors (Lipinski definition) is 2. The van der Waals surface area contributed by atoms with Gasteiger partial charge in [0.2, 0.25) is 0 Å². The zero-order valence-corrected chi connectivity index (χ0v) is 12.4. The Morgan fingerprint density at radius 1 is 1.10 bits per heavy atom. The molecule has 0 bridgehead atoms. The Hall–Kier alpha value is -2.03. The maximum absolute atomic E-state index is 12.4. The minimum absolute atomic E-state index is 0.0865. The first-order valence-electron chi connectivity index (χ1n) is 6.04. The maximum atomic E-state index is 12.4. The lowest BCUT2D eigenvalue weighted by Gasteiger charge is -2.08. The van der Waals surface area contributed by atoms with Gasteiger partial charge in [-0.1, -0.05) is 18.2 Å². The fourth-order valence-electron chi connectivity index (χ4n) is 1.89. The first kappa shape index (κ1) is 13.9. The molecule has 0 saturated heterocycles. The lowest BCUT2D eigenvalue weighted by Crippen LogP contribution is -2.13. The summed E-state index contributed by atoms with van der Waals surface area (Å²) in [5.74, 6) is 0. The van der Waals surface area contributed by atoms with Gasteiger partial charge in [0, 0.05) is 5.69 Å². The van der Waals surface area contributed by atoms with Crippen LogP contribution in [0.3, 0.4) is 0 Å². The van der Waals surface area contributed by atoms with Crippen LogP contribution >= 0.6 is 11.7 Å². The topological polar surface area (TPSA) is 92.2 Å². The summed E-state index contributed by atoms with van der Waals surface area (Å²) < 4.78 is 35.4. The highest BCUT2D eigenvalue weighted by atomic mass is 32.2. The third-order valence-electron chi connectivity index (χ3n) is 2.93. The molecule has 8 heteroatoms. The van der Waals surface area contributed by atoms with E-state index in [0.29, 0.717) is 22.3 Å². The van der Waals surface area contributed by atoms with E-state index in [0.717, 1.165) is 11.7 Å². The molecule has 0 saturated carbocycles. The number of fused-ring (bicyclic) bond motifs is 1. The summed E-state index contributed by atoms with van der Waals surface area (Å²) in [6, 6.07) is 11.4. The highest BCUT2D eigenvalue weighted by Crippen LogP contribution is 2.23. The van der Waals surface area contributed by atoms with Crippen molar-refractivity contribution in [2.75, 3.05) is 4.72 Å². The van der Waals surface area contributed by atoms with Crippen molar-refractivity contribution in [3.05, 3.63) is 48.0 Å². The molecular formula is C13H11N3O3S2. The van der Waals surface area contributed by atoms with Gasteiger partial charge in [-0.15, -0.1) is 0 Å². The van der Waals surface area contributed by atoms with Gasteiger partial charge >= 0.3 is 0 Å². The number of rotatable bonds is 4. The standard InChI is InChI=1S/C13H11N3O3S2/c17-8-9-4-6-10(7-5-9)16-21(18,19)12-3-1-2-11-13(12)15-20-14-11/h1-7,16-17H,8H2. The quantitative estimate of drug-likeness (QED) is 0.766. The van der Waals surface area contributed by atoms with E-state index in [-0.39, 0.29) is 11.5 Å². The number of aromatic nitrogens is 2. The summed E-state index contributed by atoms with van der Waals surface area (Å²) in [4.78, 5) is 0.0972. The largest absolute Gasteiger partial charge is 0.392 e. The molecule has 21 heavy (non-hydrogen) atoms. The van der Waals surface area contributed by atoms with Gasteiger partial charge in [0.25, 0.3) is 10.0 Å². The van der Waals surface area contributed by atoms with Gasteiger partial charge in [0.1, 0.15) is 15.9 Å². The van der Waals surface area contributed by atoms with Gasteiger partial charge in [0.05, 0.1) is 18.3 Å². The number of hydrogen-bond acceptors (Lipinski definition) is 6. The van der Waals surface area contributed by atoms with Crippen LogP contribution in [0.15, 0.2) is 47.4 Å². The number of nitrogens with one attached hydrogen (secondary N) is 1. The molecule has 0 amide bonds. The molecule has 0 aliphatic rings. The van der Waals surface area contributed by atoms with Gasteiger partial charge in [-0.25, -0.2) is 8.42 Å². The Labute approximate surface area is 125 Å². The molecule has 3 aromatic rings. The summed E-state index contributed by atoms with van der Waals surface area (Å²) in [6.07, 6.45) is 0. The molecule has 3 rings (SSSR count). The van der Waals surface area contributed by atoms with Crippen molar-refractivity contribution in [3.8, 4) is 0 Å². The molecule has 2 aromatic carbocycles. The van der Waals surface area contributed by atoms with Gasteiger partial charge < -0.3 is 5.11 Å². The van der Waals surface area contributed by atoms with E-state index in [1.165, 1.54) is 6.07 Å². The maximum Gasteiger partial charge on any atom is 0.264 e. The third-order valence-corrected chi connectivity index (χ3v) is 4.88. The van der Waals surface area contributed by atoms with E-state index in [4.69, 9.17) is 5.11 Å². The summed E-state index contributed by atoms with van der Waals surface area (Å²) >= 11 is 0.974. The predicted octanol–water partition coefficient (Wildman–Crippen LogP) is 1.98. The summed E-state index contributed by atoms with van der Waals surface area (Å²) in [7, 11) is -3.74. The first-order chi connectivity index (χ1) is 10.1. The van der Waals surface area contributed by atoms with Crippen LogP contribution in [0.2, 0.25) is 0 Å². The molecule has 0 unspecified atom stereocenters. The minimum Gasteiger partial charge on any atom is -0.392 e. The smallest absolute Gasteiger partial charge is 0.264 e. The molecular weight excluding hydrogens is 310 g/mol. The van der Waals surface area contributed by atoms with Crippen LogP contribution in [0.5, 0.6) is 0 Å². The molecule has 1 heterocycles. The van der Waals surface area contributed by atoms with Crippen molar-refractivity contribution in [1.29, 1.82) is 0 Å². The van der Waals surface area contributed by atoms with Crippen LogP contribution in [0.1, 0.15) is 5.56 Å². The Balaban J connectivity index is 1.98. The van der Waals surface area contributed by atoms with Gasteiger partial charge in [-0.3, -0.25) is 4.72 Å². The number of sulfonamides is 1. The van der Waals surface area contributed by atoms with E-state index in [1.807, 2.05) is 0 Å². The molecule has 2 N–H and O–H groups in total. The lowest BCUT2D eigenvalue weighted by molar-refractivity contribution is 0.282. The molecule has 0 radical (unpaired) electrons. The van der Waals surface area contributed by atoms with Crippen LogP contribution in [0, 0.1) is 0 Å². The van der Waals surface area contributed by atoms with Crippen molar-refractivity contribution in [3.63, 3.8) is 0 Å². The minimum atomic E-state index is -3.74. The number of aliphatic hydroxyl groups excluding tert-OH is 1. The Morgan fingerprint density at radius 3 is 2.57 bits per heavy atom.